The molecular formula is C15H29N5O. The van der Waals surface area contributed by atoms with Crippen LogP contribution >= 0.6 is 0 Å². The molecule has 0 aliphatic carbocycles. The van der Waals surface area contributed by atoms with Crippen LogP contribution in [0.4, 0.5) is 0 Å². The minimum absolute atomic E-state index is 0.374. The van der Waals surface area contributed by atoms with E-state index in [2.05, 4.69) is 34.1 Å². The number of nitrogens with one attached hydrogen (secondary N) is 1. The van der Waals surface area contributed by atoms with Crippen molar-refractivity contribution in [3.05, 3.63) is 12.2 Å². The van der Waals surface area contributed by atoms with Crippen molar-refractivity contribution in [3.63, 3.8) is 0 Å². The van der Waals surface area contributed by atoms with E-state index in [1.807, 2.05) is 4.68 Å². The molecule has 0 saturated carbocycles. The summed E-state index contributed by atoms with van der Waals surface area (Å²) in [5.74, 6) is 1.81. The predicted octanol–water partition coefficient (Wildman–Crippen LogP) is 1.31. The quantitative estimate of drug-likeness (QED) is 0.733. The number of likely N-dealkylation sites (tertiary alicyclic amines) is 1. The largest absolute Gasteiger partial charge is 0.383 e. The molecule has 1 saturated heterocycles. The zero-order valence-electron chi connectivity index (χ0n) is 13.6. The molecule has 0 spiro atoms. The van der Waals surface area contributed by atoms with Crippen LogP contribution in [0.2, 0.25) is 0 Å². The van der Waals surface area contributed by atoms with Crippen molar-refractivity contribution in [2.45, 2.75) is 39.3 Å². The molecule has 0 amide bonds. The van der Waals surface area contributed by atoms with Crippen molar-refractivity contribution in [2.75, 3.05) is 39.9 Å². The summed E-state index contributed by atoms with van der Waals surface area (Å²) in [7, 11) is 1.74. The minimum Gasteiger partial charge on any atom is -0.383 e. The summed E-state index contributed by atoms with van der Waals surface area (Å²) in [5.41, 5.74) is 0. The Labute approximate surface area is 127 Å². The number of ether oxygens (including phenoxy) is 1. The molecule has 1 aromatic heterocycles. The Bertz CT molecular complexity index is 407. The third-order valence-electron chi connectivity index (χ3n) is 4.02. The van der Waals surface area contributed by atoms with Crippen molar-refractivity contribution in [1.82, 2.24) is 25.0 Å². The summed E-state index contributed by atoms with van der Waals surface area (Å²) in [4.78, 5) is 6.93. The van der Waals surface area contributed by atoms with E-state index in [0.29, 0.717) is 6.04 Å². The van der Waals surface area contributed by atoms with Gasteiger partial charge in [0, 0.05) is 26.2 Å². The molecular weight excluding hydrogens is 266 g/mol. The van der Waals surface area contributed by atoms with Gasteiger partial charge in [-0.15, -0.1) is 0 Å². The van der Waals surface area contributed by atoms with Crippen LogP contribution in [0.5, 0.6) is 0 Å². The first-order valence-electron chi connectivity index (χ1n) is 8.01. The molecule has 21 heavy (non-hydrogen) atoms. The van der Waals surface area contributed by atoms with E-state index < -0.39 is 0 Å². The zero-order valence-corrected chi connectivity index (χ0v) is 13.6. The van der Waals surface area contributed by atoms with Crippen LogP contribution < -0.4 is 5.32 Å². The summed E-state index contributed by atoms with van der Waals surface area (Å²) < 4.78 is 7.10. The number of methoxy groups -OCH3 is 1. The maximum atomic E-state index is 5.07. The summed E-state index contributed by atoms with van der Waals surface area (Å²) in [6.07, 6.45) is 4.25. The van der Waals surface area contributed by atoms with E-state index in [1.165, 1.54) is 19.4 Å². The molecule has 1 aliphatic rings. The Morgan fingerprint density at radius 1 is 1.48 bits per heavy atom. The Hall–Kier alpha value is -0.980. The molecule has 1 aliphatic heterocycles. The minimum atomic E-state index is 0.374. The Balaban J connectivity index is 1.79. The predicted molar refractivity (Wildman–Crippen MR) is 83.2 cm³/mol. The van der Waals surface area contributed by atoms with E-state index in [4.69, 9.17) is 4.74 Å². The van der Waals surface area contributed by atoms with Gasteiger partial charge in [0.1, 0.15) is 12.2 Å². The summed E-state index contributed by atoms with van der Waals surface area (Å²) in [5, 5.41) is 7.80. The van der Waals surface area contributed by atoms with Gasteiger partial charge in [-0.3, -0.25) is 4.90 Å². The lowest BCUT2D eigenvalue weighted by molar-refractivity contribution is 0.154. The van der Waals surface area contributed by atoms with Gasteiger partial charge in [-0.2, -0.15) is 5.10 Å². The molecule has 1 fully saturated rings. The molecule has 1 atom stereocenters. The van der Waals surface area contributed by atoms with Crippen molar-refractivity contribution in [2.24, 2.45) is 5.92 Å². The maximum absolute atomic E-state index is 5.07. The fourth-order valence-electron chi connectivity index (χ4n) is 2.96. The van der Waals surface area contributed by atoms with Gasteiger partial charge in [-0.1, -0.05) is 0 Å². The van der Waals surface area contributed by atoms with Gasteiger partial charge in [0.2, 0.25) is 0 Å². The Morgan fingerprint density at radius 3 is 3.10 bits per heavy atom. The normalized spacial score (nSPS) is 20.3. The van der Waals surface area contributed by atoms with E-state index in [0.717, 1.165) is 44.5 Å². The number of nitrogens with zero attached hydrogens (tertiary/aromatic N) is 4. The average Bonchev–Trinajstić information content (AvgIpc) is 2.92. The van der Waals surface area contributed by atoms with E-state index >= 15 is 0 Å². The first-order chi connectivity index (χ1) is 10.2. The molecule has 6 nitrogen and oxygen atoms in total. The van der Waals surface area contributed by atoms with Crippen molar-refractivity contribution < 1.29 is 4.74 Å². The fraction of sp³-hybridized carbons (Fsp3) is 0.867. The van der Waals surface area contributed by atoms with E-state index in [1.54, 1.807) is 13.4 Å². The Kier molecular flexibility index (Phi) is 6.60. The van der Waals surface area contributed by atoms with Crippen LogP contribution in [0.3, 0.4) is 0 Å². The van der Waals surface area contributed by atoms with Gasteiger partial charge in [-0.25, -0.2) is 9.67 Å². The molecule has 2 heterocycles. The standard InChI is InChI=1S/C15H29N5O/c1-13(2)20-15(17-12-18-20)11-19-7-4-5-14(10-19)9-16-6-8-21-3/h12-14,16H,4-11H2,1-3H3. The molecule has 0 aromatic carbocycles. The molecule has 1 N–H and O–H groups in total. The second kappa shape index (κ2) is 8.46. The average molecular weight is 295 g/mol. The first-order valence-corrected chi connectivity index (χ1v) is 8.01. The highest BCUT2D eigenvalue weighted by molar-refractivity contribution is 4.88. The van der Waals surface area contributed by atoms with Crippen molar-refractivity contribution in [3.8, 4) is 0 Å². The van der Waals surface area contributed by atoms with E-state index in [9.17, 15) is 0 Å². The van der Waals surface area contributed by atoms with Crippen LogP contribution in [0, 0.1) is 5.92 Å². The van der Waals surface area contributed by atoms with Gasteiger partial charge < -0.3 is 10.1 Å². The van der Waals surface area contributed by atoms with Gasteiger partial charge >= 0.3 is 0 Å². The number of rotatable bonds is 8. The zero-order chi connectivity index (χ0) is 15.1. The van der Waals surface area contributed by atoms with Gasteiger partial charge in [-0.05, 0) is 45.7 Å². The molecule has 120 valence electrons. The molecule has 1 aromatic rings. The lowest BCUT2D eigenvalue weighted by Gasteiger charge is -2.32. The molecule has 0 radical (unpaired) electrons. The number of aromatic nitrogens is 3. The molecule has 0 bridgehead atoms. The second-order valence-corrected chi connectivity index (χ2v) is 6.15. The number of hydrogen-bond acceptors (Lipinski definition) is 5. The monoisotopic (exact) mass is 295 g/mol. The molecule has 1 unspecified atom stereocenters. The number of piperidine rings is 1. The molecule has 6 heteroatoms. The summed E-state index contributed by atoms with van der Waals surface area (Å²) >= 11 is 0. The maximum Gasteiger partial charge on any atom is 0.141 e. The second-order valence-electron chi connectivity index (χ2n) is 6.15. The third kappa shape index (κ3) is 5.05. The lowest BCUT2D eigenvalue weighted by atomic mass is 9.98. The lowest BCUT2D eigenvalue weighted by Crippen LogP contribution is -2.40. The van der Waals surface area contributed by atoms with Crippen molar-refractivity contribution >= 4 is 0 Å². The number of hydrogen-bond donors (Lipinski definition) is 1. The smallest absolute Gasteiger partial charge is 0.141 e. The summed E-state index contributed by atoms with van der Waals surface area (Å²) in [6.45, 7) is 10.3. The van der Waals surface area contributed by atoms with Crippen LogP contribution in [-0.2, 0) is 11.3 Å². The highest BCUT2D eigenvalue weighted by atomic mass is 16.5. The fourth-order valence-corrected chi connectivity index (χ4v) is 2.96. The highest BCUT2D eigenvalue weighted by Crippen LogP contribution is 2.18. The highest BCUT2D eigenvalue weighted by Gasteiger charge is 2.21. The first kappa shape index (κ1) is 16.4. The van der Waals surface area contributed by atoms with Gasteiger partial charge in [0.15, 0.2) is 0 Å². The van der Waals surface area contributed by atoms with Gasteiger partial charge in [0.05, 0.1) is 13.2 Å². The van der Waals surface area contributed by atoms with Crippen molar-refractivity contribution in [1.29, 1.82) is 0 Å². The van der Waals surface area contributed by atoms with E-state index in [-0.39, 0.29) is 0 Å². The van der Waals surface area contributed by atoms with Crippen LogP contribution in [0.1, 0.15) is 38.6 Å². The third-order valence-corrected chi connectivity index (χ3v) is 4.02. The van der Waals surface area contributed by atoms with Gasteiger partial charge in [0.25, 0.3) is 0 Å². The SMILES string of the molecule is COCCNCC1CCCN(Cc2ncnn2C(C)C)C1. The van der Waals surface area contributed by atoms with Crippen LogP contribution in [0.15, 0.2) is 6.33 Å². The Morgan fingerprint density at radius 2 is 2.33 bits per heavy atom. The molecule has 2 rings (SSSR count). The van der Waals surface area contributed by atoms with Crippen LogP contribution in [0.25, 0.3) is 0 Å². The topological polar surface area (TPSA) is 55.2 Å². The summed E-state index contributed by atoms with van der Waals surface area (Å²) in [6, 6.07) is 0.374. The van der Waals surface area contributed by atoms with Crippen LogP contribution in [-0.4, -0.2) is 59.6 Å².